The smallest absolute Gasteiger partial charge is 0.242 e. The monoisotopic (exact) mass is 537 g/mol. The van der Waals surface area contributed by atoms with Gasteiger partial charge in [0, 0.05) is 30.8 Å². The first-order valence-corrected chi connectivity index (χ1v) is 13.4. The topological polar surface area (TPSA) is 143 Å². The number of fused-ring (bicyclic) bond motifs is 12. The van der Waals surface area contributed by atoms with Crippen molar-refractivity contribution in [2.45, 2.75) is 4.90 Å². The number of hydrogen-bond donors (Lipinski definition) is 1. The molecule has 0 unspecified atom stereocenters. The highest BCUT2D eigenvalue weighted by molar-refractivity contribution is 7.89. The summed E-state index contributed by atoms with van der Waals surface area (Å²) < 4.78 is 49.6. The molecule has 0 saturated carbocycles. The van der Waals surface area contributed by atoms with Gasteiger partial charge in [0.05, 0.1) is 43.2 Å². The van der Waals surface area contributed by atoms with Crippen LogP contribution in [0, 0.1) is 0 Å². The number of ether oxygens (including phenoxy) is 3. The number of benzene rings is 2. The van der Waals surface area contributed by atoms with Gasteiger partial charge in [-0.2, -0.15) is 4.31 Å². The van der Waals surface area contributed by atoms with Gasteiger partial charge in [0.1, 0.15) is 18.1 Å². The first kappa shape index (κ1) is 25.8. The molecule has 2 aromatic heterocycles. The van der Waals surface area contributed by atoms with E-state index in [1.807, 2.05) is 24.3 Å². The molecule has 0 spiro atoms. The van der Waals surface area contributed by atoms with Crippen molar-refractivity contribution in [3.63, 3.8) is 0 Å². The molecule has 198 valence electrons. The second-order valence-corrected chi connectivity index (χ2v) is 10.6. The summed E-state index contributed by atoms with van der Waals surface area (Å²) >= 11 is 0. The summed E-state index contributed by atoms with van der Waals surface area (Å²) in [6.45, 7) is 1.89. The number of nitrogens with zero attached hydrogens (tertiary/aromatic N) is 4. The van der Waals surface area contributed by atoms with Crippen molar-refractivity contribution in [3.05, 3.63) is 60.8 Å². The standard InChI is InChI=1S/C26H27N5O6S/c1-31-9-10-34-11-12-35-13-14-36-20-4-2-3-19(15-20)22-16-24(37-30-22)25-26(27)28-17-23(29-25)18-5-7-21(8-6-18)38(31,32)33/h2-8,15-17H,9-14H2,1H3,(H2,27,28). The van der Waals surface area contributed by atoms with Crippen LogP contribution in [-0.4, -0.2) is 74.5 Å². The fourth-order valence-corrected chi connectivity index (χ4v) is 4.97. The van der Waals surface area contributed by atoms with Gasteiger partial charge in [-0.1, -0.05) is 29.4 Å². The molecule has 2 aliphatic rings. The van der Waals surface area contributed by atoms with Gasteiger partial charge in [-0.15, -0.1) is 0 Å². The van der Waals surface area contributed by atoms with E-state index in [-0.39, 0.29) is 23.9 Å². The third-order valence-corrected chi connectivity index (χ3v) is 7.82. The predicted octanol–water partition coefficient (Wildman–Crippen LogP) is 3.09. The maximum Gasteiger partial charge on any atom is 0.242 e. The van der Waals surface area contributed by atoms with Crippen LogP contribution in [0.15, 0.2) is 70.2 Å². The molecule has 38 heavy (non-hydrogen) atoms. The average molecular weight is 538 g/mol. The number of rotatable bonds is 0. The maximum atomic E-state index is 13.0. The van der Waals surface area contributed by atoms with Gasteiger partial charge in [0.25, 0.3) is 0 Å². The van der Waals surface area contributed by atoms with E-state index >= 15 is 0 Å². The molecule has 2 aliphatic heterocycles. The summed E-state index contributed by atoms with van der Waals surface area (Å²) in [6.07, 6.45) is 1.53. The normalized spacial score (nSPS) is 16.9. The Hall–Kier alpha value is -3.84. The van der Waals surface area contributed by atoms with Gasteiger partial charge in [-0.25, -0.2) is 18.4 Å². The first-order valence-electron chi connectivity index (χ1n) is 12.0. The van der Waals surface area contributed by atoms with Crippen molar-refractivity contribution < 1.29 is 27.2 Å². The van der Waals surface area contributed by atoms with E-state index < -0.39 is 10.0 Å². The van der Waals surface area contributed by atoms with Crippen LogP contribution in [0.3, 0.4) is 0 Å². The van der Waals surface area contributed by atoms with Crippen LogP contribution in [0.5, 0.6) is 5.75 Å². The van der Waals surface area contributed by atoms with Crippen LogP contribution in [-0.2, 0) is 19.5 Å². The molecule has 0 fully saturated rings. The van der Waals surface area contributed by atoms with E-state index in [4.69, 9.17) is 24.5 Å². The summed E-state index contributed by atoms with van der Waals surface area (Å²) in [6, 6.07) is 15.6. The highest BCUT2D eigenvalue weighted by atomic mass is 32.2. The molecule has 6 rings (SSSR count). The fraction of sp³-hybridized carbons (Fsp3) is 0.269. The molecule has 4 aromatic rings. The highest BCUT2D eigenvalue weighted by Crippen LogP contribution is 2.31. The molecule has 4 heterocycles. The Bertz CT molecular complexity index is 1510. The Kier molecular flexibility index (Phi) is 7.65. The number of sulfonamides is 1. The molecule has 2 N–H and O–H groups in total. The Morgan fingerprint density at radius 3 is 2.47 bits per heavy atom. The van der Waals surface area contributed by atoms with Crippen LogP contribution in [0.2, 0.25) is 0 Å². The van der Waals surface area contributed by atoms with E-state index in [1.165, 1.54) is 29.7 Å². The SMILES string of the molecule is CN1CCOCCOCCOc2cccc(c2)-c2cc(on2)-c2nc(cnc2N)-c2ccc(cc2)S1(=O)=O. The lowest BCUT2D eigenvalue weighted by Crippen LogP contribution is -2.30. The van der Waals surface area contributed by atoms with Crippen molar-refractivity contribution in [1.29, 1.82) is 0 Å². The molecule has 12 heteroatoms. The van der Waals surface area contributed by atoms with E-state index in [0.29, 0.717) is 60.6 Å². The second-order valence-electron chi connectivity index (χ2n) is 8.52. The van der Waals surface area contributed by atoms with E-state index in [2.05, 4.69) is 15.1 Å². The number of likely N-dealkylation sites (N-methyl/N-ethyl adjacent to an activating group) is 1. The van der Waals surface area contributed by atoms with Gasteiger partial charge in [0.2, 0.25) is 10.0 Å². The van der Waals surface area contributed by atoms with Crippen LogP contribution in [0.4, 0.5) is 5.82 Å². The van der Waals surface area contributed by atoms with Gasteiger partial charge < -0.3 is 24.5 Å². The van der Waals surface area contributed by atoms with Crippen molar-refractivity contribution in [3.8, 4) is 39.7 Å². The van der Waals surface area contributed by atoms with Crippen molar-refractivity contribution >= 4 is 15.8 Å². The predicted molar refractivity (Wildman–Crippen MR) is 140 cm³/mol. The number of nitrogen functional groups attached to an aromatic ring is 1. The number of anilines is 1. The second kappa shape index (κ2) is 11.3. The van der Waals surface area contributed by atoms with Crippen molar-refractivity contribution in [2.75, 3.05) is 52.4 Å². The summed E-state index contributed by atoms with van der Waals surface area (Å²) in [7, 11) is -2.17. The van der Waals surface area contributed by atoms with Crippen LogP contribution in [0.25, 0.3) is 34.0 Å². The Morgan fingerprint density at radius 2 is 1.66 bits per heavy atom. The molecule has 0 amide bonds. The highest BCUT2D eigenvalue weighted by Gasteiger charge is 2.21. The zero-order valence-electron chi connectivity index (χ0n) is 20.7. The number of aromatic nitrogens is 3. The van der Waals surface area contributed by atoms with E-state index in [1.54, 1.807) is 18.2 Å². The summed E-state index contributed by atoms with van der Waals surface area (Å²) in [5.41, 5.74) is 8.99. The molecule has 11 nitrogen and oxygen atoms in total. The zero-order valence-corrected chi connectivity index (χ0v) is 21.6. The quantitative estimate of drug-likeness (QED) is 0.332. The first-order chi connectivity index (χ1) is 18.4. The molecule has 0 saturated heterocycles. The third-order valence-electron chi connectivity index (χ3n) is 5.95. The molecule has 0 aliphatic carbocycles. The summed E-state index contributed by atoms with van der Waals surface area (Å²) in [4.78, 5) is 9.05. The lowest BCUT2D eigenvalue weighted by Gasteiger charge is -2.17. The van der Waals surface area contributed by atoms with Gasteiger partial charge in [-0.05, 0) is 24.3 Å². The van der Waals surface area contributed by atoms with Crippen molar-refractivity contribution in [1.82, 2.24) is 19.4 Å². The van der Waals surface area contributed by atoms with Crippen LogP contribution >= 0.6 is 0 Å². The average Bonchev–Trinajstić information content (AvgIpc) is 3.42. The van der Waals surface area contributed by atoms with E-state index in [9.17, 15) is 8.42 Å². The molecule has 0 atom stereocenters. The minimum absolute atomic E-state index is 0.160. The lowest BCUT2D eigenvalue weighted by molar-refractivity contribution is 0.0347. The van der Waals surface area contributed by atoms with Gasteiger partial charge in [0.15, 0.2) is 17.3 Å². The Balaban J connectivity index is 1.48. The Morgan fingerprint density at radius 1 is 0.895 bits per heavy atom. The van der Waals surface area contributed by atoms with Crippen LogP contribution in [0.1, 0.15) is 0 Å². The lowest BCUT2D eigenvalue weighted by atomic mass is 10.1. The minimum atomic E-state index is -3.69. The molecule has 0 radical (unpaired) electrons. The summed E-state index contributed by atoms with van der Waals surface area (Å²) in [5.74, 6) is 1.19. The van der Waals surface area contributed by atoms with Gasteiger partial charge in [-0.3, -0.25) is 0 Å². The number of nitrogens with two attached hydrogens (primary N) is 1. The number of hydrogen-bond acceptors (Lipinski definition) is 10. The summed E-state index contributed by atoms with van der Waals surface area (Å²) in [5, 5.41) is 4.17. The van der Waals surface area contributed by atoms with Crippen molar-refractivity contribution in [2.24, 2.45) is 0 Å². The largest absolute Gasteiger partial charge is 0.491 e. The molecular weight excluding hydrogens is 510 g/mol. The van der Waals surface area contributed by atoms with E-state index in [0.717, 1.165) is 5.56 Å². The molecular formula is C26H27N5O6S. The Labute approximate surface area is 220 Å². The minimum Gasteiger partial charge on any atom is -0.491 e. The third kappa shape index (κ3) is 5.68. The fourth-order valence-electron chi connectivity index (χ4n) is 3.82. The van der Waals surface area contributed by atoms with Crippen LogP contribution < -0.4 is 10.5 Å². The molecule has 8 bridgehead atoms. The molecule has 2 aromatic carbocycles. The zero-order chi connectivity index (χ0) is 26.5. The maximum absolute atomic E-state index is 13.0. The van der Waals surface area contributed by atoms with Gasteiger partial charge >= 0.3 is 0 Å².